The Morgan fingerprint density at radius 1 is 1.53 bits per heavy atom. The Labute approximate surface area is 111 Å². The summed E-state index contributed by atoms with van der Waals surface area (Å²) in [6.45, 7) is 6.52. The second-order valence-electron chi connectivity index (χ2n) is 4.32. The third-order valence-corrected chi connectivity index (χ3v) is 3.66. The number of hydrogen-bond acceptors (Lipinski definition) is 3. The molecule has 1 atom stereocenters. The summed E-state index contributed by atoms with van der Waals surface area (Å²) in [7, 11) is 1.43. The van der Waals surface area contributed by atoms with Crippen LogP contribution in [0.15, 0.2) is 21.4 Å². The predicted molar refractivity (Wildman–Crippen MR) is 70.7 cm³/mol. The molecule has 96 valence electrons. The molecular formula is C13H19BrO3. The van der Waals surface area contributed by atoms with Crippen LogP contribution in [0.25, 0.3) is 0 Å². The van der Waals surface area contributed by atoms with E-state index in [1.54, 1.807) is 0 Å². The average Bonchev–Trinajstić information content (AvgIpc) is 2.67. The first-order chi connectivity index (χ1) is 8.02. The second kappa shape index (κ2) is 6.24. The summed E-state index contributed by atoms with van der Waals surface area (Å²) in [4.78, 5) is 11.8. The Hall–Kier alpha value is -0.770. The number of ether oxygens (including phenoxy) is 2. The first-order valence-corrected chi connectivity index (χ1v) is 6.59. The van der Waals surface area contributed by atoms with Crippen LogP contribution in [-0.4, -0.2) is 19.7 Å². The summed E-state index contributed by atoms with van der Waals surface area (Å²) in [5.74, 6) is 0.471. The van der Waals surface area contributed by atoms with Crippen molar-refractivity contribution in [3.05, 3.63) is 21.4 Å². The van der Waals surface area contributed by atoms with Gasteiger partial charge in [0.2, 0.25) is 0 Å². The number of methoxy groups -OCH3 is 1. The number of allylic oxidation sites excluding steroid dienone is 2. The van der Waals surface area contributed by atoms with Gasteiger partial charge in [-0.1, -0.05) is 13.3 Å². The van der Waals surface area contributed by atoms with Crippen LogP contribution in [0.1, 0.15) is 33.6 Å². The summed E-state index contributed by atoms with van der Waals surface area (Å²) in [5, 5.41) is 0. The standard InChI is InChI=1S/C13H19BrO3/c1-5-6-9(13(15)16-4)10-7-17-12(8(2)3)11(10)14/h9H,5-7H2,1-4H3/t9-/m1/s1. The van der Waals surface area contributed by atoms with Gasteiger partial charge in [-0.2, -0.15) is 0 Å². The fourth-order valence-corrected chi connectivity index (χ4v) is 2.81. The topological polar surface area (TPSA) is 35.5 Å². The van der Waals surface area contributed by atoms with Crippen molar-refractivity contribution < 1.29 is 14.3 Å². The van der Waals surface area contributed by atoms with E-state index >= 15 is 0 Å². The second-order valence-corrected chi connectivity index (χ2v) is 5.11. The van der Waals surface area contributed by atoms with Gasteiger partial charge in [0.1, 0.15) is 12.4 Å². The highest BCUT2D eigenvalue weighted by Crippen LogP contribution is 2.37. The molecule has 4 heteroatoms. The van der Waals surface area contributed by atoms with Gasteiger partial charge < -0.3 is 9.47 Å². The van der Waals surface area contributed by atoms with E-state index in [-0.39, 0.29) is 11.9 Å². The molecular weight excluding hydrogens is 284 g/mol. The molecule has 1 aliphatic rings. The lowest BCUT2D eigenvalue weighted by atomic mass is 9.95. The smallest absolute Gasteiger partial charge is 0.312 e. The highest BCUT2D eigenvalue weighted by Gasteiger charge is 2.31. The van der Waals surface area contributed by atoms with Gasteiger partial charge in [-0.05, 0) is 47.3 Å². The lowest BCUT2D eigenvalue weighted by Gasteiger charge is -2.14. The van der Waals surface area contributed by atoms with E-state index < -0.39 is 0 Å². The minimum Gasteiger partial charge on any atom is -0.488 e. The number of hydrogen-bond donors (Lipinski definition) is 0. The SMILES string of the molecule is CCC[C@@H](C(=O)OC)C1=C(Br)C(=C(C)C)OC1. The van der Waals surface area contributed by atoms with Crippen molar-refractivity contribution in [1.29, 1.82) is 0 Å². The van der Waals surface area contributed by atoms with Crippen LogP contribution >= 0.6 is 15.9 Å². The van der Waals surface area contributed by atoms with Crippen molar-refractivity contribution in [2.24, 2.45) is 5.92 Å². The maximum absolute atomic E-state index is 11.8. The minimum atomic E-state index is -0.198. The molecule has 0 saturated heterocycles. The summed E-state index contributed by atoms with van der Waals surface area (Å²) < 4.78 is 11.4. The molecule has 0 aromatic carbocycles. The zero-order valence-corrected chi connectivity index (χ0v) is 12.4. The Balaban J connectivity index is 3.04. The van der Waals surface area contributed by atoms with Crippen molar-refractivity contribution in [2.45, 2.75) is 33.6 Å². The number of carbonyl (C=O) groups is 1. The highest BCUT2D eigenvalue weighted by molar-refractivity contribution is 9.12. The van der Waals surface area contributed by atoms with Gasteiger partial charge in [-0.25, -0.2) is 0 Å². The first kappa shape index (κ1) is 14.3. The number of rotatable bonds is 4. The fraction of sp³-hybridized carbons (Fsp3) is 0.615. The van der Waals surface area contributed by atoms with Gasteiger partial charge in [0.15, 0.2) is 0 Å². The van der Waals surface area contributed by atoms with Crippen molar-refractivity contribution in [3.8, 4) is 0 Å². The van der Waals surface area contributed by atoms with Gasteiger partial charge in [0, 0.05) is 0 Å². The molecule has 0 fully saturated rings. The summed E-state index contributed by atoms with van der Waals surface area (Å²) in [5.41, 5.74) is 2.10. The molecule has 0 radical (unpaired) electrons. The number of carbonyl (C=O) groups excluding carboxylic acids is 1. The quantitative estimate of drug-likeness (QED) is 0.745. The Morgan fingerprint density at radius 2 is 2.18 bits per heavy atom. The van der Waals surface area contributed by atoms with Crippen molar-refractivity contribution in [1.82, 2.24) is 0 Å². The van der Waals surface area contributed by atoms with Crippen molar-refractivity contribution in [3.63, 3.8) is 0 Å². The number of halogens is 1. The van der Waals surface area contributed by atoms with Crippen molar-refractivity contribution in [2.75, 3.05) is 13.7 Å². The molecule has 0 saturated carbocycles. The minimum absolute atomic E-state index is 0.183. The Morgan fingerprint density at radius 3 is 2.59 bits per heavy atom. The molecule has 0 aromatic rings. The number of esters is 1. The summed E-state index contributed by atoms with van der Waals surface area (Å²) in [6.07, 6.45) is 1.73. The van der Waals surface area contributed by atoms with E-state index in [1.807, 2.05) is 13.8 Å². The molecule has 0 bridgehead atoms. The molecule has 3 nitrogen and oxygen atoms in total. The molecule has 0 aromatic heterocycles. The molecule has 0 unspecified atom stereocenters. The van der Waals surface area contributed by atoms with Gasteiger partial charge in [-0.3, -0.25) is 4.79 Å². The molecule has 0 N–H and O–H groups in total. The molecule has 1 rings (SSSR count). The van der Waals surface area contributed by atoms with E-state index in [0.717, 1.165) is 34.2 Å². The largest absolute Gasteiger partial charge is 0.488 e. The van der Waals surface area contributed by atoms with E-state index in [9.17, 15) is 4.79 Å². The summed E-state index contributed by atoms with van der Waals surface area (Å²) >= 11 is 3.53. The molecule has 17 heavy (non-hydrogen) atoms. The van der Waals surface area contributed by atoms with Gasteiger partial charge in [0.05, 0.1) is 17.5 Å². The van der Waals surface area contributed by atoms with Crippen molar-refractivity contribution >= 4 is 21.9 Å². The van der Waals surface area contributed by atoms with Gasteiger partial charge in [-0.15, -0.1) is 0 Å². The predicted octanol–water partition coefficient (Wildman–Crippen LogP) is 3.55. The summed E-state index contributed by atoms with van der Waals surface area (Å²) in [6, 6.07) is 0. The van der Waals surface area contributed by atoms with Crippen LogP contribution in [0.5, 0.6) is 0 Å². The van der Waals surface area contributed by atoms with Crippen LogP contribution in [0.4, 0.5) is 0 Å². The fourth-order valence-electron chi connectivity index (χ4n) is 1.91. The average molecular weight is 303 g/mol. The Bertz CT molecular complexity index is 365. The zero-order valence-electron chi connectivity index (χ0n) is 10.8. The molecule has 1 aliphatic heterocycles. The van der Waals surface area contributed by atoms with Crippen LogP contribution in [-0.2, 0) is 14.3 Å². The van der Waals surface area contributed by atoms with Gasteiger partial charge >= 0.3 is 5.97 Å². The van der Waals surface area contributed by atoms with E-state index in [4.69, 9.17) is 9.47 Å². The third kappa shape index (κ3) is 3.12. The van der Waals surface area contributed by atoms with E-state index in [0.29, 0.717) is 6.61 Å². The van der Waals surface area contributed by atoms with Crippen LogP contribution in [0.2, 0.25) is 0 Å². The molecule has 0 aliphatic carbocycles. The normalized spacial score (nSPS) is 16.9. The Kier molecular flexibility index (Phi) is 5.25. The lowest BCUT2D eigenvalue weighted by molar-refractivity contribution is -0.144. The van der Waals surface area contributed by atoms with Gasteiger partial charge in [0.25, 0.3) is 0 Å². The van der Waals surface area contributed by atoms with Crippen LogP contribution in [0, 0.1) is 5.92 Å². The molecule has 0 spiro atoms. The maximum atomic E-state index is 11.8. The van der Waals surface area contributed by atoms with E-state index in [1.165, 1.54) is 7.11 Å². The zero-order chi connectivity index (χ0) is 13.0. The monoisotopic (exact) mass is 302 g/mol. The third-order valence-electron chi connectivity index (χ3n) is 2.79. The van der Waals surface area contributed by atoms with E-state index in [2.05, 4.69) is 22.9 Å². The highest BCUT2D eigenvalue weighted by atomic mass is 79.9. The lowest BCUT2D eigenvalue weighted by Crippen LogP contribution is -2.19. The van der Waals surface area contributed by atoms with Crippen LogP contribution in [0.3, 0.4) is 0 Å². The van der Waals surface area contributed by atoms with Crippen LogP contribution < -0.4 is 0 Å². The maximum Gasteiger partial charge on any atom is 0.312 e. The first-order valence-electron chi connectivity index (χ1n) is 5.79. The molecule has 0 amide bonds. The molecule has 1 heterocycles.